The smallest absolute Gasteiger partial charge is 0.168 e. The number of nitrogens with zero attached hydrogens (tertiary/aromatic N) is 3. The molecule has 2 aliphatic rings. The third kappa shape index (κ3) is 8.79. The zero-order chi connectivity index (χ0) is 32.3. The first kappa shape index (κ1) is 35.0. The fourth-order valence-electron chi connectivity index (χ4n) is 5.58. The molecule has 240 valence electrons. The molecule has 0 radical (unpaired) electrons. The van der Waals surface area contributed by atoms with Crippen LogP contribution < -0.4 is 16.0 Å². The van der Waals surface area contributed by atoms with Crippen LogP contribution in [0.5, 0.6) is 0 Å². The highest BCUT2D eigenvalue weighted by molar-refractivity contribution is 5.75. The van der Waals surface area contributed by atoms with E-state index in [0.717, 1.165) is 37.3 Å². The molecule has 1 aromatic carbocycles. The first-order valence-electron chi connectivity index (χ1n) is 15.4. The molecule has 0 bridgehead atoms. The Hall–Kier alpha value is -3.50. The van der Waals surface area contributed by atoms with Gasteiger partial charge in [-0.15, -0.1) is 0 Å². The van der Waals surface area contributed by atoms with E-state index in [1.54, 1.807) is 6.92 Å². The van der Waals surface area contributed by atoms with Gasteiger partial charge in [0.25, 0.3) is 0 Å². The number of carbonyl (C=O) groups is 1. The monoisotopic (exact) mass is 613 g/mol. The van der Waals surface area contributed by atoms with E-state index in [9.17, 15) is 13.6 Å². The van der Waals surface area contributed by atoms with E-state index in [-0.39, 0.29) is 54.6 Å². The zero-order valence-electron chi connectivity index (χ0n) is 26.5. The molecule has 3 aromatic rings. The molecule has 2 saturated heterocycles. The first-order chi connectivity index (χ1) is 21.1. The minimum Gasteiger partial charge on any atom is -0.385 e. The van der Waals surface area contributed by atoms with Crippen molar-refractivity contribution >= 4 is 17.7 Å². The van der Waals surface area contributed by atoms with Gasteiger partial charge < -0.3 is 20.7 Å². The predicted molar refractivity (Wildman–Crippen MR) is 171 cm³/mol. The fraction of sp³-hybridized carbons (Fsp3) is 0.500. The van der Waals surface area contributed by atoms with Crippen LogP contribution in [0.3, 0.4) is 0 Å². The maximum absolute atomic E-state index is 15.0. The molecule has 3 N–H and O–H groups in total. The number of aldehydes is 1. The van der Waals surface area contributed by atoms with Crippen molar-refractivity contribution in [3.05, 3.63) is 71.2 Å². The Morgan fingerprint density at radius 3 is 2.43 bits per heavy atom. The van der Waals surface area contributed by atoms with Crippen LogP contribution in [-0.4, -0.2) is 55.6 Å². The van der Waals surface area contributed by atoms with Gasteiger partial charge >= 0.3 is 0 Å². The summed E-state index contributed by atoms with van der Waals surface area (Å²) in [6.45, 7) is 10.6. The SMILES string of the molecule is CCC.CCC1CC(N)CN(c2ccncc2NC)C1.Cc1cc(C2(F)CCOCC2)cc(F)c1-c1nc(C=O)ccc1F. The lowest BCUT2D eigenvalue weighted by molar-refractivity contribution is -0.0116. The van der Waals surface area contributed by atoms with Crippen LogP contribution in [0, 0.1) is 24.5 Å². The number of anilines is 2. The number of nitrogens with one attached hydrogen (secondary N) is 1. The summed E-state index contributed by atoms with van der Waals surface area (Å²) in [6.07, 6.45) is 8.07. The number of halogens is 3. The van der Waals surface area contributed by atoms with E-state index in [1.807, 2.05) is 19.4 Å². The second kappa shape index (κ2) is 16.5. The summed E-state index contributed by atoms with van der Waals surface area (Å²) in [4.78, 5) is 21.2. The summed E-state index contributed by atoms with van der Waals surface area (Å²) < 4.78 is 48.9. The minimum atomic E-state index is -1.65. The van der Waals surface area contributed by atoms with Crippen LogP contribution in [0.15, 0.2) is 42.7 Å². The average molecular weight is 614 g/mol. The number of piperidine rings is 1. The number of aromatic nitrogens is 2. The molecule has 0 aliphatic carbocycles. The molecular formula is C34H46F3N5O2. The van der Waals surface area contributed by atoms with Crippen LogP contribution in [-0.2, 0) is 10.4 Å². The summed E-state index contributed by atoms with van der Waals surface area (Å²) >= 11 is 0. The summed E-state index contributed by atoms with van der Waals surface area (Å²) in [5.74, 6) is -0.795. The molecule has 0 saturated carbocycles. The molecule has 2 unspecified atom stereocenters. The Kier molecular flexibility index (Phi) is 13.1. The fourth-order valence-corrected chi connectivity index (χ4v) is 5.58. The molecule has 4 heterocycles. The number of carbonyl (C=O) groups excluding carboxylic acids is 1. The van der Waals surface area contributed by atoms with Crippen molar-refractivity contribution in [2.45, 2.75) is 71.5 Å². The van der Waals surface area contributed by atoms with E-state index in [1.165, 1.54) is 30.7 Å². The van der Waals surface area contributed by atoms with Crippen molar-refractivity contribution in [1.29, 1.82) is 0 Å². The maximum atomic E-state index is 15.0. The van der Waals surface area contributed by atoms with E-state index in [4.69, 9.17) is 10.5 Å². The first-order valence-corrected chi connectivity index (χ1v) is 15.4. The standard InChI is InChI=1S/C18H16F3NO2.C13H22N4.C3H8/c1-11-8-12(18(21)4-6-24-7-5-18)9-15(20)16(11)17-14(19)3-2-13(10-23)22-17;1-3-10-6-11(14)9-17(8-10)13-4-5-16-7-12(13)15-2;1-3-2/h2-3,8-10H,4-7H2,1H3;4-5,7,10-11,15H,3,6,8-9,14H2,1-2H3;3H2,1-2H3. The Balaban J connectivity index is 0.000000232. The van der Waals surface area contributed by atoms with Gasteiger partial charge in [-0.3, -0.25) is 9.78 Å². The molecule has 0 amide bonds. The van der Waals surface area contributed by atoms with Crippen LogP contribution in [0.2, 0.25) is 0 Å². The van der Waals surface area contributed by atoms with Crippen LogP contribution in [0.25, 0.3) is 11.3 Å². The van der Waals surface area contributed by atoms with E-state index >= 15 is 4.39 Å². The van der Waals surface area contributed by atoms with Crippen molar-refractivity contribution in [3.63, 3.8) is 0 Å². The number of ether oxygens (including phenoxy) is 1. The molecule has 5 rings (SSSR count). The number of rotatable bonds is 6. The number of benzene rings is 1. The molecule has 2 fully saturated rings. The Morgan fingerprint density at radius 2 is 1.82 bits per heavy atom. The highest BCUT2D eigenvalue weighted by Gasteiger charge is 2.35. The number of nitrogens with two attached hydrogens (primary N) is 1. The lowest BCUT2D eigenvalue weighted by Crippen LogP contribution is -2.47. The molecule has 10 heteroatoms. The summed E-state index contributed by atoms with van der Waals surface area (Å²) in [5, 5.41) is 3.20. The van der Waals surface area contributed by atoms with Gasteiger partial charge in [-0.1, -0.05) is 39.7 Å². The van der Waals surface area contributed by atoms with Gasteiger partial charge in [0.15, 0.2) is 6.29 Å². The van der Waals surface area contributed by atoms with Gasteiger partial charge in [0, 0.05) is 64.0 Å². The number of hydrogen-bond acceptors (Lipinski definition) is 7. The normalized spacial score (nSPS) is 19.2. The van der Waals surface area contributed by atoms with Gasteiger partial charge in [-0.2, -0.15) is 0 Å². The molecule has 2 aliphatic heterocycles. The Morgan fingerprint density at radius 1 is 1.11 bits per heavy atom. The quantitative estimate of drug-likeness (QED) is 0.284. The van der Waals surface area contributed by atoms with Gasteiger partial charge in [0.05, 0.1) is 17.6 Å². The van der Waals surface area contributed by atoms with Gasteiger partial charge in [0.1, 0.15) is 28.7 Å². The van der Waals surface area contributed by atoms with Crippen molar-refractivity contribution < 1.29 is 22.7 Å². The Bertz CT molecular complexity index is 1340. The highest BCUT2D eigenvalue weighted by Crippen LogP contribution is 2.39. The predicted octanol–water partition coefficient (Wildman–Crippen LogP) is 7.23. The van der Waals surface area contributed by atoms with Crippen molar-refractivity contribution in [2.24, 2.45) is 11.7 Å². The molecule has 2 aromatic heterocycles. The molecule has 0 spiro atoms. The van der Waals surface area contributed by atoms with Crippen LogP contribution in [0.4, 0.5) is 24.5 Å². The van der Waals surface area contributed by atoms with E-state index in [0.29, 0.717) is 17.8 Å². The van der Waals surface area contributed by atoms with Crippen molar-refractivity contribution in [3.8, 4) is 11.3 Å². The van der Waals surface area contributed by atoms with Crippen LogP contribution >= 0.6 is 0 Å². The zero-order valence-corrected chi connectivity index (χ0v) is 26.5. The van der Waals surface area contributed by atoms with Crippen LogP contribution in [0.1, 0.15) is 74.5 Å². The van der Waals surface area contributed by atoms with E-state index in [2.05, 4.69) is 47.0 Å². The number of aryl methyl sites for hydroxylation is 1. The highest BCUT2D eigenvalue weighted by atomic mass is 19.1. The van der Waals surface area contributed by atoms with Gasteiger partial charge in [-0.05, 0) is 54.7 Å². The van der Waals surface area contributed by atoms with Crippen molar-refractivity contribution in [2.75, 3.05) is 43.6 Å². The van der Waals surface area contributed by atoms with E-state index < -0.39 is 17.3 Å². The van der Waals surface area contributed by atoms with Crippen molar-refractivity contribution in [1.82, 2.24) is 9.97 Å². The molecular weight excluding hydrogens is 567 g/mol. The minimum absolute atomic E-state index is 0.000618. The molecule has 44 heavy (non-hydrogen) atoms. The third-order valence-corrected chi connectivity index (χ3v) is 7.87. The summed E-state index contributed by atoms with van der Waals surface area (Å²) in [7, 11) is 1.93. The molecule has 7 nitrogen and oxygen atoms in total. The lowest BCUT2D eigenvalue weighted by Gasteiger charge is -2.38. The second-order valence-corrected chi connectivity index (χ2v) is 11.4. The summed E-state index contributed by atoms with van der Waals surface area (Å²) in [5.41, 5.74) is 7.06. The molecule has 2 atom stereocenters. The number of pyridine rings is 2. The average Bonchev–Trinajstić information content (AvgIpc) is 3.02. The van der Waals surface area contributed by atoms with Gasteiger partial charge in [0.2, 0.25) is 0 Å². The summed E-state index contributed by atoms with van der Waals surface area (Å²) in [6, 6.07) is 7.23. The topological polar surface area (TPSA) is 93.4 Å². The largest absolute Gasteiger partial charge is 0.385 e. The Labute approximate surface area is 259 Å². The lowest BCUT2D eigenvalue weighted by atomic mass is 9.86. The third-order valence-electron chi connectivity index (χ3n) is 7.87. The second-order valence-electron chi connectivity index (χ2n) is 11.4. The number of hydrogen-bond donors (Lipinski definition) is 2. The number of alkyl halides is 1. The van der Waals surface area contributed by atoms with Gasteiger partial charge in [-0.25, -0.2) is 18.2 Å². The maximum Gasteiger partial charge on any atom is 0.168 e.